The monoisotopic (exact) mass is 716 g/mol. The largest absolute Gasteiger partial charge is 0.317 e. The molecule has 0 radical (unpaired) electrons. The van der Waals surface area contributed by atoms with Crippen LogP contribution in [0.4, 0.5) is 17.1 Å². The number of rotatable bonds is 6. The minimum absolute atomic E-state index is 0.123. The summed E-state index contributed by atoms with van der Waals surface area (Å²) < 4.78 is 2.28. The van der Waals surface area contributed by atoms with Crippen molar-refractivity contribution < 1.29 is 0 Å². The minimum atomic E-state index is -0.489. The Labute approximate surface area is 328 Å². The number of hydrogen-bond donors (Lipinski definition) is 0. The van der Waals surface area contributed by atoms with Crippen LogP contribution >= 0.6 is 0 Å². The van der Waals surface area contributed by atoms with Crippen molar-refractivity contribution in [1.82, 2.24) is 4.57 Å². The Morgan fingerprint density at radius 1 is 0.393 bits per heavy atom. The topological polar surface area (TPSA) is 8.17 Å². The van der Waals surface area contributed by atoms with Gasteiger partial charge in [0.15, 0.2) is 0 Å². The Morgan fingerprint density at radius 3 is 1.57 bits per heavy atom. The second-order valence-corrected chi connectivity index (χ2v) is 15.8. The van der Waals surface area contributed by atoms with Crippen LogP contribution in [-0.4, -0.2) is 4.57 Å². The Bertz CT molecular complexity index is 2890. The fourth-order valence-electron chi connectivity index (χ4n) is 9.92. The van der Waals surface area contributed by atoms with Crippen LogP contribution in [0.25, 0.3) is 38.8 Å². The number of benzene rings is 8. The lowest BCUT2D eigenvalue weighted by Crippen LogP contribution is -2.28. The maximum Gasteiger partial charge on any atom is 0.0714 e. The number of fused-ring (bicyclic) bond motifs is 7. The number of aromatic nitrogens is 1. The van der Waals surface area contributed by atoms with Crippen LogP contribution in [0.15, 0.2) is 206 Å². The molecule has 0 amide bonds. The van der Waals surface area contributed by atoms with Gasteiger partial charge in [-0.3, -0.25) is 0 Å². The summed E-state index contributed by atoms with van der Waals surface area (Å²) in [6, 6.07) is 74.1. The fourth-order valence-corrected chi connectivity index (χ4v) is 9.92. The van der Waals surface area contributed by atoms with E-state index >= 15 is 0 Å². The first kappa shape index (κ1) is 32.5. The van der Waals surface area contributed by atoms with Gasteiger partial charge in [-0.2, -0.15) is 0 Å². The van der Waals surface area contributed by atoms with E-state index in [1.165, 1.54) is 66.5 Å². The van der Waals surface area contributed by atoms with Crippen LogP contribution in [0.3, 0.4) is 0 Å². The predicted octanol–water partition coefficient (Wildman–Crippen LogP) is 13.8. The summed E-state index contributed by atoms with van der Waals surface area (Å²) >= 11 is 0. The van der Waals surface area contributed by atoms with Gasteiger partial charge < -0.3 is 9.47 Å². The van der Waals surface area contributed by atoms with E-state index in [2.05, 4.69) is 230 Å². The first-order chi connectivity index (χ1) is 27.5. The van der Waals surface area contributed by atoms with Gasteiger partial charge in [-0.1, -0.05) is 153 Å². The van der Waals surface area contributed by atoms with Gasteiger partial charge in [-0.15, -0.1) is 0 Å². The van der Waals surface area contributed by atoms with Crippen LogP contribution in [-0.2, 0) is 10.8 Å². The Balaban J connectivity index is 1.14. The third-order valence-electron chi connectivity index (χ3n) is 12.5. The van der Waals surface area contributed by atoms with E-state index in [9.17, 15) is 0 Å². The van der Waals surface area contributed by atoms with E-state index in [0.29, 0.717) is 0 Å². The van der Waals surface area contributed by atoms with Crippen molar-refractivity contribution in [2.45, 2.75) is 24.7 Å². The van der Waals surface area contributed by atoms with E-state index in [4.69, 9.17) is 0 Å². The molecule has 0 aliphatic heterocycles. The SMILES string of the molecule is CC1(C)c2ccccc2-c2ccc(N(c3ccc(-n4ccc5ccccc54)cc3)c3ccc4c(c3)C(c3ccccc3)(c3ccccc3)c3ccccc3-4)cc21. The highest BCUT2D eigenvalue weighted by molar-refractivity contribution is 5.91. The van der Waals surface area contributed by atoms with Crippen LogP contribution < -0.4 is 4.90 Å². The summed E-state index contributed by atoms with van der Waals surface area (Å²) in [5, 5.41) is 1.24. The van der Waals surface area contributed by atoms with Crippen LogP contribution in [0.1, 0.15) is 47.2 Å². The molecule has 2 aliphatic rings. The molecule has 2 aliphatic carbocycles. The molecule has 1 aromatic heterocycles. The molecule has 0 unspecified atom stereocenters. The van der Waals surface area contributed by atoms with Gasteiger partial charge in [0, 0.05) is 34.4 Å². The lowest BCUT2D eigenvalue weighted by molar-refractivity contribution is 0.660. The number of nitrogens with zero attached hydrogens (tertiary/aromatic N) is 2. The number of anilines is 3. The van der Waals surface area contributed by atoms with Crippen molar-refractivity contribution in [2.24, 2.45) is 0 Å². The van der Waals surface area contributed by atoms with Gasteiger partial charge in [0.05, 0.1) is 10.9 Å². The van der Waals surface area contributed by atoms with Crippen LogP contribution in [0, 0.1) is 0 Å². The molecule has 0 N–H and O–H groups in total. The van der Waals surface area contributed by atoms with E-state index < -0.39 is 5.41 Å². The summed E-state index contributed by atoms with van der Waals surface area (Å²) in [6.45, 7) is 4.73. The molecular formula is C54H40N2. The summed E-state index contributed by atoms with van der Waals surface area (Å²) in [4.78, 5) is 2.46. The molecule has 0 saturated carbocycles. The zero-order valence-corrected chi connectivity index (χ0v) is 31.5. The molecule has 2 nitrogen and oxygen atoms in total. The van der Waals surface area contributed by atoms with Crippen LogP contribution in [0.2, 0.25) is 0 Å². The van der Waals surface area contributed by atoms with E-state index in [0.717, 1.165) is 22.7 Å². The quantitative estimate of drug-likeness (QED) is 0.166. The van der Waals surface area contributed by atoms with Gasteiger partial charge in [0.25, 0.3) is 0 Å². The standard InChI is InChI=1S/C54H40N2/c1-53(2)48-22-12-10-20-44(48)46-31-29-42(35-50(46)53)56(41-27-25-40(26-28-41)55-34-33-37-15-9-14-24-52(37)55)43-30-32-47-45-21-11-13-23-49(45)54(51(47)36-43,38-16-5-3-6-17-38)39-18-7-4-8-19-39/h3-36H,1-2H3. The van der Waals surface area contributed by atoms with E-state index in [-0.39, 0.29) is 5.41 Å². The fraction of sp³-hybridized carbons (Fsp3) is 0.0741. The Hall–Kier alpha value is -6.90. The molecule has 1 heterocycles. The maximum absolute atomic E-state index is 2.47. The van der Waals surface area contributed by atoms with Gasteiger partial charge >= 0.3 is 0 Å². The molecule has 56 heavy (non-hydrogen) atoms. The van der Waals surface area contributed by atoms with Crippen molar-refractivity contribution in [2.75, 3.05) is 4.90 Å². The molecular weight excluding hydrogens is 677 g/mol. The van der Waals surface area contributed by atoms with Crippen molar-refractivity contribution in [1.29, 1.82) is 0 Å². The van der Waals surface area contributed by atoms with E-state index in [1.807, 2.05) is 0 Å². The zero-order valence-electron chi connectivity index (χ0n) is 31.5. The molecule has 9 aromatic rings. The van der Waals surface area contributed by atoms with Crippen molar-refractivity contribution in [3.8, 4) is 27.9 Å². The third kappa shape index (κ3) is 4.63. The number of hydrogen-bond acceptors (Lipinski definition) is 1. The summed E-state index contributed by atoms with van der Waals surface area (Å²) in [6.07, 6.45) is 2.17. The molecule has 0 atom stereocenters. The van der Waals surface area contributed by atoms with Gasteiger partial charge in [0.1, 0.15) is 0 Å². The molecule has 0 fully saturated rings. The molecule has 0 saturated heterocycles. The van der Waals surface area contributed by atoms with Crippen molar-refractivity contribution in [3.05, 3.63) is 240 Å². The lowest BCUT2D eigenvalue weighted by Gasteiger charge is -2.35. The first-order valence-electron chi connectivity index (χ1n) is 19.6. The van der Waals surface area contributed by atoms with Crippen LogP contribution in [0.5, 0.6) is 0 Å². The van der Waals surface area contributed by atoms with Gasteiger partial charge in [-0.25, -0.2) is 0 Å². The van der Waals surface area contributed by atoms with Crippen molar-refractivity contribution in [3.63, 3.8) is 0 Å². The Kier molecular flexibility index (Phi) is 7.15. The third-order valence-corrected chi connectivity index (χ3v) is 12.5. The lowest BCUT2D eigenvalue weighted by atomic mass is 9.67. The highest BCUT2D eigenvalue weighted by Gasteiger charge is 2.46. The molecule has 0 spiro atoms. The summed E-state index contributed by atoms with van der Waals surface area (Å²) in [7, 11) is 0. The highest BCUT2D eigenvalue weighted by Crippen LogP contribution is 2.57. The second-order valence-electron chi connectivity index (χ2n) is 15.8. The van der Waals surface area contributed by atoms with Gasteiger partial charge in [0.2, 0.25) is 0 Å². The molecule has 11 rings (SSSR count). The minimum Gasteiger partial charge on any atom is -0.317 e. The van der Waals surface area contributed by atoms with Crippen molar-refractivity contribution >= 4 is 28.0 Å². The normalized spacial score (nSPS) is 14.2. The zero-order chi connectivity index (χ0) is 37.4. The summed E-state index contributed by atoms with van der Waals surface area (Å²) in [5.74, 6) is 0. The molecule has 8 aromatic carbocycles. The average Bonchev–Trinajstić information content (AvgIpc) is 3.89. The molecule has 2 heteroatoms. The Morgan fingerprint density at radius 2 is 0.893 bits per heavy atom. The predicted molar refractivity (Wildman–Crippen MR) is 233 cm³/mol. The molecule has 0 bridgehead atoms. The first-order valence-corrected chi connectivity index (χ1v) is 19.6. The highest BCUT2D eigenvalue weighted by atomic mass is 15.1. The number of para-hydroxylation sites is 1. The summed E-state index contributed by atoms with van der Waals surface area (Å²) in [5.41, 5.74) is 18.2. The smallest absolute Gasteiger partial charge is 0.0714 e. The second kappa shape index (κ2) is 12.3. The van der Waals surface area contributed by atoms with E-state index in [1.54, 1.807) is 0 Å². The van der Waals surface area contributed by atoms with Gasteiger partial charge in [-0.05, 0) is 122 Å². The average molecular weight is 717 g/mol. The maximum atomic E-state index is 2.47. The molecule has 266 valence electrons.